The second kappa shape index (κ2) is 11.3. The van der Waals surface area contributed by atoms with Crippen molar-refractivity contribution in [2.24, 2.45) is 34.5 Å². The average Bonchev–Trinajstić information content (AvgIpc) is 3.22. The van der Waals surface area contributed by atoms with E-state index in [0.29, 0.717) is 19.3 Å². The Morgan fingerprint density at radius 1 is 0.976 bits per heavy atom. The first kappa shape index (κ1) is 32.7. The van der Waals surface area contributed by atoms with E-state index in [1.807, 2.05) is 6.92 Å². The van der Waals surface area contributed by atoms with Crippen LogP contribution in [0.5, 0.6) is 0 Å². The van der Waals surface area contributed by atoms with Crippen LogP contribution in [0.25, 0.3) is 0 Å². The lowest BCUT2D eigenvalue weighted by Gasteiger charge is -2.59. The maximum absolute atomic E-state index is 11.6. The standard InChI is InChI=1S/C27H44O13S2/c1-13(28)17-5-6-18-16-12-21(38-25-23(30)22(29)24(14(2)37-25)40-42(34,35)36)20-11-15(39-41(31,32)33)7-9-27(20,4)19(16)8-10-26(17,18)3/h8,13-18,20-25,28-30H,5-7,9-12H2,1-4H3,(H,31,32,33)(H,34,35,36)/t13?,14-,15?,16+,17-,18+,20?,21?,22-,23-,24-,25+,26-,27-/m1/s1. The molecule has 13 nitrogen and oxygen atoms in total. The third-order valence-corrected chi connectivity index (χ3v) is 12.2. The fraction of sp³-hybridized carbons (Fsp3) is 0.926. The molecule has 0 aromatic carbocycles. The Labute approximate surface area is 247 Å². The summed E-state index contributed by atoms with van der Waals surface area (Å²) in [6.07, 6.45) is -2.64. The molecule has 14 atom stereocenters. The number of rotatable bonds is 7. The Balaban J connectivity index is 1.46. The maximum atomic E-state index is 11.6. The highest BCUT2D eigenvalue weighted by atomic mass is 32.3. The van der Waals surface area contributed by atoms with Crippen LogP contribution in [-0.2, 0) is 38.6 Å². The Kier molecular flexibility index (Phi) is 8.76. The van der Waals surface area contributed by atoms with Gasteiger partial charge in [0.15, 0.2) is 6.29 Å². The van der Waals surface area contributed by atoms with E-state index in [1.54, 1.807) is 0 Å². The van der Waals surface area contributed by atoms with Crippen LogP contribution < -0.4 is 0 Å². The van der Waals surface area contributed by atoms with E-state index in [9.17, 15) is 36.7 Å². The fourth-order valence-corrected chi connectivity index (χ4v) is 10.4. The number of hydrogen-bond donors (Lipinski definition) is 5. The largest absolute Gasteiger partial charge is 0.397 e. The van der Waals surface area contributed by atoms with Crippen LogP contribution in [0.1, 0.15) is 72.6 Å². The van der Waals surface area contributed by atoms with Gasteiger partial charge >= 0.3 is 20.8 Å². The van der Waals surface area contributed by atoms with Crippen molar-refractivity contribution in [2.45, 2.75) is 122 Å². The molecule has 4 unspecified atom stereocenters. The molecule has 1 saturated heterocycles. The molecule has 1 aliphatic heterocycles. The number of aliphatic hydroxyl groups excluding tert-OH is 3. The molecule has 0 bridgehead atoms. The normalized spacial score (nSPS) is 48.5. The lowest BCUT2D eigenvalue weighted by molar-refractivity contribution is -0.312. The first-order chi connectivity index (χ1) is 19.3. The van der Waals surface area contributed by atoms with Crippen LogP contribution in [-0.4, -0.2) is 90.3 Å². The predicted octanol–water partition coefficient (Wildman–Crippen LogP) is 1.78. The van der Waals surface area contributed by atoms with Gasteiger partial charge in [-0.3, -0.25) is 9.11 Å². The summed E-state index contributed by atoms with van der Waals surface area (Å²) in [6.45, 7) is 7.62. The molecule has 4 aliphatic carbocycles. The SMILES string of the molecule is CC(O)[C@H]1CC[C@H]2[C@@H]3CC(O[C@@H]4O[C@H](C)[C@@H](OS(=O)(=O)O)[C@H](O)[C@H]4O)C4CC(OS(=O)(=O)O)CC[C@]4(C)C3=CC[C@]12C. The molecule has 4 fully saturated rings. The van der Waals surface area contributed by atoms with Crippen molar-refractivity contribution < 1.29 is 59.1 Å². The Morgan fingerprint density at radius 3 is 2.26 bits per heavy atom. The maximum Gasteiger partial charge on any atom is 0.397 e. The van der Waals surface area contributed by atoms with Gasteiger partial charge in [-0.05, 0) is 93.3 Å². The van der Waals surface area contributed by atoms with Crippen molar-refractivity contribution in [3.8, 4) is 0 Å². The molecule has 5 aliphatic rings. The lowest BCUT2D eigenvalue weighted by Crippen LogP contribution is -2.61. The van der Waals surface area contributed by atoms with E-state index >= 15 is 0 Å². The zero-order valence-corrected chi connectivity index (χ0v) is 25.9. The van der Waals surface area contributed by atoms with Crippen LogP contribution in [0.4, 0.5) is 0 Å². The first-order valence-corrected chi connectivity index (χ1v) is 17.4. The average molecular weight is 641 g/mol. The third-order valence-electron chi connectivity index (χ3n) is 11.2. The molecule has 242 valence electrons. The molecule has 3 saturated carbocycles. The van der Waals surface area contributed by atoms with Crippen LogP contribution >= 0.6 is 0 Å². The summed E-state index contributed by atoms with van der Waals surface area (Å²) < 4.78 is 86.0. The molecule has 0 amide bonds. The number of fused-ring (bicyclic) bond motifs is 5. The minimum absolute atomic E-state index is 0.0940. The molecule has 0 aromatic heterocycles. The molecule has 5 N–H and O–H groups in total. The Bertz CT molecular complexity index is 1270. The summed E-state index contributed by atoms with van der Waals surface area (Å²) in [4.78, 5) is 0. The van der Waals surface area contributed by atoms with Crippen molar-refractivity contribution in [3.05, 3.63) is 11.6 Å². The van der Waals surface area contributed by atoms with Crippen molar-refractivity contribution in [2.75, 3.05) is 0 Å². The minimum atomic E-state index is -4.94. The first-order valence-electron chi connectivity index (χ1n) is 14.7. The van der Waals surface area contributed by atoms with E-state index in [1.165, 1.54) is 12.5 Å². The quantitative estimate of drug-likeness (QED) is 0.199. The van der Waals surface area contributed by atoms with Gasteiger partial charge in [0.05, 0.1) is 24.4 Å². The number of aliphatic hydroxyl groups is 3. The fourth-order valence-electron chi connectivity index (χ4n) is 9.31. The van der Waals surface area contributed by atoms with E-state index in [-0.39, 0.29) is 35.5 Å². The summed E-state index contributed by atoms with van der Waals surface area (Å²) in [5, 5.41) is 32.2. The zero-order valence-electron chi connectivity index (χ0n) is 24.3. The summed E-state index contributed by atoms with van der Waals surface area (Å²) in [5.41, 5.74) is 0.747. The van der Waals surface area contributed by atoms with E-state index in [4.69, 9.17) is 18.2 Å². The van der Waals surface area contributed by atoms with Gasteiger partial charge in [-0.1, -0.05) is 25.5 Å². The zero-order chi connectivity index (χ0) is 31.0. The number of hydrogen-bond acceptors (Lipinski definition) is 11. The molecule has 15 heteroatoms. The van der Waals surface area contributed by atoms with Crippen molar-refractivity contribution in [3.63, 3.8) is 0 Å². The molecule has 42 heavy (non-hydrogen) atoms. The van der Waals surface area contributed by atoms with Crippen LogP contribution in [0, 0.1) is 34.5 Å². The number of allylic oxidation sites excluding steroid dienone is 2. The van der Waals surface area contributed by atoms with Gasteiger partial charge in [0.25, 0.3) is 0 Å². The van der Waals surface area contributed by atoms with Crippen LogP contribution in [0.15, 0.2) is 11.6 Å². The van der Waals surface area contributed by atoms with Crippen LogP contribution in [0.2, 0.25) is 0 Å². The predicted molar refractivity (Wildman–Crippen MR) is 146 cm³/mol. The summed E-state index contributed by atoms with van der Waals surface area (Å²) >= 11 is 0. The number of ether oxygens (including phenoxy) is 2. The Morgan fingerprint density at radius 2 is 1.64 bits per heavy atom. The molecular weight excluding hydrogens is 596 g/mol. The molecule has 0 radical (unpaired) electrons. The van der Waals surface area contributed by atoms with E-state index in [2.05, 4.69) is 24.1 Å². The second-order valence-electron chi connectivity index (χ2n) is 13.5. The molecular formula is C27H44O13S2. The molecule has 5 rings (SSSR count). The van der Waals surface area contributed by atoms with Gasteiger partial charge in [0.1, 0.15) is 18.3 Å². The highest BCUT2D eigenvalue weighted by molar-refractivity contribution is 7.81. The van der Waals surface area contributed by atoms with Crippen molar-refractivity contribution >= 4 is 20.8 Å². The smallest absolute Gasteiger partial charge is 0.393 e. The monoisotopic (exact) mass is 640 g/mol. The summed E-state index contributed by atoms with van der Waals surface area (Å²) in [7, 11) is -9.63. The van der Waals surface area contributed by atoms with E-state index in [0.717, 1.165) is 19.3 Å². The van der Waals surface area contributed by atoms with Gasteiger partial charge in [0.2, 0.25) is 0 Å². The van der Waals surface area contributed by atoms with E-state index < -0.39 is 75.2 Å². The molecule has 0 aromatic rings. The topological polar surface area (TPSA) is 206 Å². The highest BCUT2D eigenvalue weighted by Crippen LogP contribution is 2.66. The Hall–Kier alpha value is -0.720. The van der Waals surface area contributed by atoms with Gasteiger partial charge < -0.3 is 24.8 Å². The summed E-state index contributed by atoms with van der Waals surface area (Å²) in [5.74, 6) is 0.204. The third kappa shape index (κ3) is 5.96. The highest BCUT2D eigenvalue weighted by Gasteiger charge is 2.61. The minimum Gasteiger partial charge on any atom is -0.393 e. The second-order valence-corrected chi connectivity index (χ2v) is 15.6. The van der Waals surface area contributed by atoms with Gasteiger partial charge in [-0.15, -0.1) is 0 Å². The van der Waals surface area contributed by atoms with Crippen molar-refractivity contribution in [1.29, 1.82) is 0 Å². The van der Waals surface area contributed by atoms with Gasteiger partial charge in [-0.2, -0.15) is 16.8 Å². The summed E-state index contributed by atoms with van der Waals surface area (Å²) in [6, 6.07) is 0. The van der Waals surface area contributed by atoms with Gasteiger partial charge in [0, 0.05) is 0 Å². The molecule has 1 heterocycles. The lowest BCUT2D eigenvalue weighted by atomic mass is 9.48. The van der Waals surface area contributed by atoms with Gasteiger partial charge in [-0.25, -0.2) is 8.37 Å². The van der Waals surface area contributed by atoms with Crippen molar-refractivity contribution in [1.82, 2.24) is 0 Å². The molecule has 0 spiro atoms. The van der Waals surface area contributed by atoms with Crippen LogP contribution in [0.3, 0.4) is 0 Å².